The number of thioether (sulfide) groups is 1. The SMILES string of the molecule is CSc1nc(Cl)cc(N(C)CC(=O)N(C)C)n1. The van der Waals surface area contributed by atoms with Crippen LogP contribution in [0.3, 0.4) is 0 Å². The lowest BCUT2D eigenvalue weighted by Crippen LogP contribution is -2.34. The molecule has 94 valence electrons. The molecule has 0 aliphatic heterocycles. The van der Waals surface area contributed by atoms with Crippen molar-refractivity contribution >= 4 is 35.1 Å². The van der Waals surface area contributed by atoms with Crippen LogP contribution in [-0.4, -0.2) is 54.7 Å². The van der Waals surface area contributed by atoms with Crippen LogP contribution in [0.4, 0.5) is 5.82 Å². The van der Waals surface area contributed by atoms with Crippen molar-refractivity contribution < 1.29 is 4.79 Å². The van der Waals surface area contributed by atoms with Crippen LogP contribution in [-0.2, 0) is 4.79 Å². The molecule has 0 fully saturated rings. The number of hydrogen-bond donors (Lipinski definition) is 0. The summed E-state index contributed by atoms with van der Waals surface area (Å²) in [5.74, 6) is 0.650. The molecule has 17 heavy (non-hydrogen) atoms. The fourth-order valence-corrected chi connectivity index (χ4v) is 1.70. The maximum absolute atomic E-state index is 11.6. The van der Waals surface area contributed by atoms with Gasteiger partial charge in [0.15, 0.2) is 5.16 Å². The Balaban J connectivity index is 2.84. The smallest absolute Gasteiger partial charge is 0.241 e. The molecule has 0 radical (unpaired) electrons. The molecular weight excluding hydrogens is 260 g/mol. The fraction of sp³-hybridized carbons (Fsp3) is 0.500. The summed E-state index contributed by atoms with van der Waals surface area (Å²) in [6.45, 7) is 0.258. The molecule has 0 aromatic carbocycles. The van der Waals surface area contributed by atoms with Crippen molar-refractivity contribution in [2.45, 2.75) is 5.16 Å². The summed E-state index contributed by atoms with van der Waals surface area (Å²) < 4.78 is 0. The van der Waals surface area contributed by atoms with Crippen molar-refractivity contribution in [3.63, 3.8) is 0 Å². The summed E-state index contributed by atoms with van der Waals surface area (Å²) in [6, 6.07) is 1.64. The molecule has 0 aliphatic carbocycles. The number of rotatable bonds is 4. The Morgan fingerprint density at radius 2 is 2.06 bits per heavy atom. The van der Waals surface area contributed by atoms with E-state index >= 15 is 0 Å². The Morgan fingerprint density at radius 1 is 1.41 bits per heavy atom. The predicted octanol–water partition coefficient (Wildman–Crippen LogP) is 1.38. The van der Waals surface area contributed by atoms with Gasteiger partial charge in [-0.2, -0.15) is 0 Å². The number of likely N-dealkylation sites (N-methyl/N-ethyl adjacent to an activating group) is 2. The minimum Gasteiger partial charge on any atom is -0.350 e. The van der Waals surface area contributed by atoms with Gasteiger partial charge < -0.3 is 9.80 Å². The minimum absolute atomic E-state index is 0.00735. The number of halogens is 1. The molecule has 1 heterocycles. The van der Waals surface area contributed by atoms with E-state index < -0.39 is 0 Å². The van der Waals surface area contributed by atoms with Gasteiger partial charge in [0.25, 0.3) is 0 Å². The van der Waals surface area contributed by atoms with Gasteiger partial charge in [0, 0.05) is 27.2 Å². The summed E-state index contributed by atoms with van der Waals surface area (Å²) in [6.07, 6.45) is 1.88. The molecule has 0 spiro atoms. The van der Waals surface area contributed by atoms with Gasteiger partial charge in [-0.05, 0) is 6.26 Å². The summed E-state index contributed by atoms with van der Waals surface area (Å²) in [4.78, 5) is 23.2. The van der Waals surface area contributed by atoms with E-state index in [9.17, 15) is 4.79 Å². The molecule has 7 heteroatoms. The molecule has 0 unspecified atom stereocenters. The molecule has 0 atom stereocenters. The van der Waals surface area contributed by atoms with Crippen molar-refractivity contribution in [3.05, 3.63) is 11.2 Å². The molecular formula is C10H15ClN4OS. The number of anilines is 1. The van der Waals surface area contributed by atoms with E-state index in [1.54, 1.807) is 32.1 Å². The molecule has 1 amide bonds. The first kappa shape index (κ1) is 14.1. The van der Waals surface area contributed by atoms with Gasteiger partial charge in [0.05, 0.1) is 6.54 Å². The van der Waals surface area contributed by atoms with Gasteiger partial charge >= 0.3 is 0 Å². The van der Waals surface area contributed by atoms with Crippen molar-refractivity contribution in [1.29, 1.82) is 0 Å². The average molecular weight is 275 g/mol. The number of hydrogen-bond acceptors (Lipinski definition) is 5. The maximum Gasteiger partial charge on any atom is 0.241 e. The predicted molar refractivity (Wildman–Crippen MR) is 70.8 cm³/mol. The van der Waals surface area contributed by atoms with Gasteiger partial charge in [-0.3, -0.25) is 4.79 Å². The first-order chi connectivity index (χ1) is 7.93. The Morgan fingerprint density at radius 3 is 2.59 bits per heavy atom. The third kappa shape index (κ3) is 4.05. The highest BCUT2D eigenvalue weighted by Gasteiger charge is 2.12. The average Bonchev–Trinajstić information content (AvgIpc) is 2.27. The summed E-state index contributed by atoms with van der Waals surface area (Å²) in [7, 11) is 5.23. The molecule has 1 aromatic rings. The second-order valence-electron chi connectivity index (χ2n) is 3.68. The minimum atomic E-state index is 0.00735. The fourth-order valence-electron chi connectivity index (χ4n) is 1.10. The molecule has 0 N–H and O–H groups in total. The largest absolute Gasteiger partial charge is 0.350 e. The summed E-state index contributed by atoms with van der Waals surface area (Å²) >= 11 is 7.30. The summed E-state index contributed by atoms with van der Waals surface area (Å²) in [5.41, 5.74) is 0. The van der Waals surface area contributed by atoms with E-state index in [-0.39, 0.29) is 12.5 Å². The van der Waals surface area contributed by atoms with Gasteiger partial charge in [-0.25, -0.2) is 9.97 Å². The third-order valence-corrected chi connectivity index (χ3v) is 2.85. The highest BCUT2D eigenvalue weighted by atomic mass is 35.5. The lowest BCUT2D eigenvalue weighted by Gasteiger charge is -2.20. The number of aromatic nitrogens is 2. The van der Waals surface area contributed by atoms with Gasteiger partial charge in [-0.15, -0.1) is 0 Å². The first-order valence-electron chi connectivity index (χ1n) is 4.94. The Kier molecular flexibility index (Phi) is 5.02. The van der Waals surface area contributed by atoms with Crippen molar-refractivity contribution in [2.75, 3.05) is 38.8 Å². The second kappa shape index (κ2) is 6.07. The van der Waals surface area contributed by atoms with Crippen LogP contribution in [0.15, 0.2) is 11.2 Å². The molecule has 0 bridgehead atoms. The van der Waals surface area contributed by atoms with E-state index in [1.165, 1.54) is 16.7 Å². The zero-order chi connectivity index (χ0) is 13.0. The van der Waals surface area contributed by atoms with Gasteiger partial charge in [0.2, 0.25) is 5.91 Å². The van der Waals surface area contributed by atoms with Crippen LogP contribution in [0.25, 0.3) is 0 Å². The number of nitrogens with zero attached hydrogens (tertiary/aromatic N) is 4. The normalized spacial score (nSPS) is 10.2. The monoisotopic (exact) mass is 274 g/mol. The quantitative estimate of drug-likeness (QED) is 0.472. The van der Waals surface area contributed by atoms with E-state index in [2.05, 4.69) is 9.97 Å². The van der Waals surface area contributed by atoms with Crippen molar-refractivity contribution in [2.24, 2.45) is 0 Å². The lowest BCUT2D eigenvalue weighted by molar-refractivity contribution is -0.127. The van der Waals surface area contributed by atoms with E-state index in [1.807, 2.05) is 6.26 Å². The van der Waals surface area contributed by atoms with Crippen LogP contribution >= 0.6 is 23.4 Å². The number of carbonyl (C=O) groups excluding carboxylic acids is 1. The van der Waals surface area contributed by atoms with Crippen molar-refractivity contribution in [1.82, 2.24) is 14.9 Å². The molecule has 1 aromatic heterocycles. The van der Waals surface area contributed by atoms with E-state index in [0.29, 0.717) is 16.1 Å². The van der Waals surface area contributed by atoms with Crippen LogP contribution < -0.4 is 4.90 Å². The van der Waals surface area contributed by atoms with Gasteiger partial charge in [-0.1, -0.05) is 23.4 Å². The topological polar surface area (TPSA) is 49.3 Å². The van der Waals surface area contributed by atoms with Crippen molar-refractivity contribution in [3.8, 4) is 0 Å². The van der Waals surface area contributed by atoms with Crippen LogP contribution in [0.2, 0.25) is 5.15 Å². The molecule has 5 nitrogen and oxygen atoms in total. The highest BCUT2D eigenvalue weighted by molar-refractivity contribution is 7.98. The first-order valence-corrected chi connectivity index (χ1v) is 6.54. The third-order valence-electron chi connectivity index (χ3n) is 2.11. The Labute approximate surface area is 110 Å². The molecule has 0 saturated heterocycles. The van der Waals surface area contributed by atoms with Crippen LogP contribution in [0.1, 0.15) is 0 Å². The lowest BCUT2D eigenvalue weighted by atomic mass is 10.4. The Bertz CT molecular complexity index is 413. The molecule has 0 saturated carbocycles. The number of carbonyl (C=O) groups is 1. The maximum atomic E-state index is 11.6. The zero-order valence-corrected chi connectivity index (χ0v) is 11.8. The zero-order valence-electron chi connectivity index (χ0n) is 10.3. The second-order valence-corrected chi connectivity index (χ2v) is 4.84. The number of amides is 1. The summed E-state index contributed by atoms with van der Waals surface area (Å²) in [5, 5.41) is 0.972. The molecule has 0 aliphatic rings. The van der Waals surface area contributed by atoms with E-state index in [0.717, 1.165) is 0 Å². The molecule has 1 rings (SSSR count). The van der Waals surface area contributed by atoms with Gasteiger partial charge in [0.1, 0.15) is 11.0 Å². The van der Waals surface area contributed by atoms with E-state index in [4.69, 9.17) is 11.6 Å². The van der Waals surface area contributed by atoms with Crippen LogP contribution in [0, 0.1) is 0 Å². The Hall–Kier alpha value is -1.01. The highest BCUT2D eigenvalue weighted by Crippen LogP contribution is 2.19. The van der Waals surface area contributed by atoms with Crippen LogP contribution in [0.5, 0.6) is 0 Å². The standard InChI is InChI=1S/C10H15ClN4OS/c1-14(2)9(16)6-15(3)8-5-7(11)12-10(13-8)17-4/h5H,6H2,1-4H3.